The lowest BCUT2D eigenvalue weighted by molar-refractivity contribution is -0.140. The van der Waals surface area contributed by atoms with Gasteiger partial charge in [-0.25, -0.2) is 29.8 Å². The predicted molar refractivity (Wildman–Crippen MR) is 106 cm³/mol. The van der Waals surface area contributed by atoms with Crippen molar-refractivity contribution in [1.29, 1.82) is 0 Å². The number of aromatic nitrogens is 1. The highest BCUT2D eigenvalue weighted by molar-refractivity contribution is 7.09. The third kappa shape index (κ3) is 7.71. The normalized spacial score (nSPS) is 12.6. The quantitative estimate of drug-likeness (QED) is 0.614. The number of rotatable bonds is 6. The van der Waals surface area contributed by atoms with Crippen molar-refractivity contribution in [3.8, 4) is 0 Å². The minimum atomic E-state index is -1.16. The Bertz CT molecular complexity index is 696. The van der Waals surface area contributed by atoms with E-state index >= 15 is 0 Å². The molecule has 0 fully saturated rings. The summed E-state index contributed by atoms with van der Waals surface area (Å²) in [5.41, 5.74) is 2.20. The van der Waals surface area contributed by atoms with Crippen molar-refractivity contribution in [2.45, 2.75) is 72.6 Å². The van der Waals surface area contributed by atoms with E-state index in [0.29, 0.717) is 5.69 Å². The molecular weight excluding hydrogens is 384 g/mol. The van der Waals surface area contributed by atoms with Gasteiger partial charge in [-0.3, -0.25) is 0 Å². The number of carboxylic acid groups (broad SMARTS) is 1. The van der Waals surface area contributed by atoms with Crippen LogP contribution in [0.1, 0.15) is 65.1 Å². The molecule has 0 spiro atoms. The zero-order valence-corrected chi connectivity index (χ0v) is 18.2. The number of thiazole rings is 1. The van der Waals surface area contributed by atoms with E-state index in [-0.39, 0.29) is 18.4 Å². The first-order valence-electron chi connectivity index (χ1n) is 9.05. The predicted octanol–water partition coefficient (Wildman–Crippen LogP) is 3.33. The number of carbonyl (C=O) groups is 3. The van der Waals surface area contributed by atoms with E-state index in [2.05, 4.69) is 15.7 Å². The van der Waals surface area contributed by atoms with Gasteiger partial charge in [-0.1, -0.05) is 27.7 Å². The summed E-state index contributed by atoms with van der Waals surface area (Å²) in [6.45, 7) is 12.4. The molecule has 0 aromatic carbocycles. The second-order valence-electron chi connectivity index (χ2n) is 8.04. The Kier molecular flexibility index (Phi) is 8.22. The van der Waals surface area contributed by atoms with Crippen LogP contribution in [-0.4, -0.2) is 44.8 Å². The Labute approximate surface area is 169 Å². The van der Waals surface area contributed by atoms with Gasteiger partial charge >= 0.3 is 18.1 Å². The number of aliphatic carboxylic acids is 1. The van der Waals surface area contributed by atoms with Gasteiger partial charge in [0.2, 0.25) is 0 Å². The lowest BCUT2D eigenvalue weighted by Crippen LogP contribution is -2.55. The molecule has 158 valence electrons. The lowest BCUT2D eigenvalue weighted by Gasteiger charge is -2.27. The summed E-state index contributed by atoms with van der Waals surface area (Å²) in [4.78, 5) is 40.6. The number of hydrogen-bond donors (Lipinski definition) is 3. The lowest BCUT2D eigenvalue weighted by atomic mass is 10.1. The molecule has 3 amide bonds. The standard InChI is InChI=1S/C18H30N4O5S/c1-10(2)13(15(23)24)20-16(25)22(21-17(26)27-18(5,6)7)8-12-9-28-14(19-12)11(3)4/h9-11,13H,8H2,1-7H3,(H,20,25)(H,21,26)(H,23,24)/t13-/m0/s1. The van der Waals surface area contributed by atoms with Crippen molar-refractivity contribution < 1.29 is 24.2 Å². The maximum Gasteiger partial charge on any atom is 0.426 e. The molecule has 1 atom stereocenters. The Balaban J connectivity index is 2.99. The Morgan fingerprint density at radius 2 is 1.86 bits per heavy atom. The van der Waals surface area contributed by atoms with Gasteiger partial charge in [-0.05, 0) is 26.7 Å². The number of amides is 3. The molecular formula is C18H30N4O5S. The number of nitrogens with one attached hydrogen (secondary N) is 2. The monoisotopic (exact) mass is 414 g/mol. The fraction of sp³-hybridized carbons (Fsp3) is 0.667. The fourth-order valence-electron chi connectivity index (χ4n) is 2.12. The van der Waals surface area contributed by atoms with Gasteiger partial charge in [0, 0.05) is 11.3 Å². The Hall–Kier alpha value is -2.36. The van der Waals surface area contributed by atoms with Crippen LogP contribution in [0.4, 0.5) is 9.59 Å². The zero-order chi connectivity index (χ0) is 21.6. The largest absolute Gasteiger partial charge is 0.480 e. The second-order valence-corrected chi connectivity index (χ2v) is 8.93. The van der Waals surface area contributed by atoms with E-state index in [0.717, 1.165) is 10.0 Å². The van der Waals surface area contributed by atoms with Crippen LogP contribution >= 0.6 is 11.3 Å². The molecule has 0 aliphatic heterocycles. The fourth-order valence-corrected chi connectivity index (χ4v) is 2.95. The van der Waals surface area contributed by atoms with E-state index in [1.54, 1.807) is 40.0 Å². The van der Waals surface area contributed by atoms with Crippen molar-refractivity contribution in [2.24, 2.45) is 5.92 Å². The van der Waals surface area contributed by atoms with Gasteiger partial charge in [-0.15, -0.1) is 11.3 Å². The molecule has 0 aliphatic carbocycles. The van der Waals surface area contributed by atoms with Crippen LogP contribution in [0.2, 0.25) is 0 Å². The van der Waals surface area contributed by atoms with E-state index in [4.69, 9.17) is 4.74 Å². The molecule has 1 rings (SSSR count). The molecule has 0 saturated carbocycles. The molecule has 1 aromatic heterocycles. The summed E-state index contributed by atoms with van der Waals surface area (Å²) in [6, 6.07) is -1.86. The van der Waals surface area contributed by atoms with E-state index < -0.39 is 29.7 Å². The first-order valence-corrected chi connectivity index (χ1v) is 9.93. The number of carbonyl (C=O) groups excluding carboxylic acids is 2. The number of ether oxygens (including phenoxy) is 1. The topological polar surface area (TPSA) is 121 Å². The molecule has 9 nitrogen and oxygen atoms in total. The second kappa shape index (κ2) is 9.72. The smallest absolute Gasteiger partial charge is 0.426 e. The molecule has 0 saturated heterocycles. The molecule has 1 heterocycles. The number of hydrogen-bond acceptors (Lipinski definition) is 6. The summed E-state index contributed by atoms with van der Waals surface area (Å²) >= 11 is 1.46. The molecule has 0 radical (unpaired) electrons. The van der Waals surface area contributed by atoms with E-state index in [1.807, 2.05) is 13.8 Å². The Morgan fingerprint density at radius 3 is 2.29 bits per heavy atom. The first-order chi connectivity index (χ1) is 12.8. The average molecular weight is 415 g/mol. The molecule has 10 heteroatoms. The molecule has 0 bridgehead atoms. The highest BCUT2D eigenvalue weighted by Gasteiger charge is 2.28. The number of hydrazine groups is 1. The summed E-state index contributed by atoms with van der Waals surface area (Å²) in [5, 5.41) is 15.4. The van der Waals surface area contributed by atoms with Gasteiger partial charge in [0.15, 0.2) is 0 Å². The van der Waals surface area contributed by atoms with Gasteiger partial charge in [0.1, 0.15) is 11.6 Å². The highest BCUT2D eigenvalue weighted by Crippen LogP contribution is 2.20. The van der Waals surface area contributed by atoms with Crippen molar-refractivity contribution in [1.82, 2.24) is 20.7 Å². The number of carboxylic acids is 1. The van der Waals surface area contributed by atoms with E-state index in [9.17, 15) is 19.5 Å². The average Bonchev–Trinajstić information content (AvgIpc) is 2.98. The highest BCUT2D eigenvalue weighted by atomic mass is 32.1. The number of urea groups is 1. The van der Waals surface area contributed by atoms with Gasteiger partial charge in [-0.2, -0.15) is 0 Å². The van der Waals surface area contributed by atoms with Crippen LogP contribution in [0.5, 0.6) is 0 Å². The third-order valence-electron chi connectivity index (χ3n) is 3.47. The third-order valence-corrected chi connectivity index (χ3v) is 4.66. The van der Waals surface area contributed by atoms with Crippen LogP contribution in [0.25, 0.3) is 0 Å². The van der Waals surface area contributed by atoms with Crippen molar-refractivity contribution in [3.63, 3.8) is 0 Å². The molecule has 0 aliphatic rings. The van der Waals surface area contributed by atoms with Gasteiger partial charge in [0.25, 0.3) is 0 Å². The van der Waals surface area contributed by atoms with Crippen LogP contribution in [-0.2, 0) is 16.1 Å². The van der Waals surface area contributed by atoms with Crippen LogP contribution in [0.15, 0.2) is 5.38 Å². The van der Waals surface area contributed by atoms with Crippen molar-refractivity contribution in [3.05, 3.63) is 16.1 Å². The Morgan fingerprint density at radius 1 is 1.25 bits per heavy atom. The van der Waals surface area contributed by atoms with Crippen molar-refractivity contribution >= 4 is 29.4 Å². The van der Waals surface area contributed by atoms with Crippen LogP contribution < -0.4 is 10.7 Å². The minimum absolute atomic E-state index is 0.0290. The summed E-state index contributed by atoms with van der Waals surface area (Å²) in [7, 11) is 0. The van der Waals surface area contributed by atoms with Gasteiger partial charge in [0.05, 0.1) is 17.2 Å². The van der Waals surface area contributed by atoms with Crippen molar-refractivity contribution in [2.75, 3.05) is 0 Å². The molecule has 28 heavy (non-hydrogen) atoms. The first kappa shape index (κ1) is 23.7. The summed E-state index contributed by atoms with van der Waals surface area (Å²) < 4.78 is 5.19. The maximum atomic E-state index is 12.7. The minimum Gasteiger partial charge on any atom is -0.480 e. The summed E-state index contributed by atoms with van der Waals surface area (Å²) in [5.74, 6) is -1.26. The zero-order valence-electron chi connectivity index (χ0n) is 17.4. The van der Waals surface area contributed by atoms with E-state index in [1.165, 1.54) is 11.3 Å². The molecule has 1 aromatic rings. The maximum absolute atomic E-state index is 12.7. The number of nitrogens with zero attached hydrogens (tertiary/aromatic N) is 2. The van der Waals surface area contributed by atoms with Crippen LogP contribution in [0.3, 0.4) is 0 Å². The summed E-state index contributed by atoms with van der Waals surface area (Å²) in [6.07, 6.45) is -0.821. The SMILES string of the molecule is CC(C)c1nc(CN(NC(=O)OC(C)(C)C)C(=O)N[C@H](C(=O)O)C(C)C)cs1. The van der Waals surface area contributed by atoms with Gasteiger partial charge < -0.3 is 15.2 Å². The molecule has 3 N–H and O–H groups in total. The van der Waals surface area contributed by atoms with Crippen LogP contribution in [0, 0.1) is 5.92 Å². The molecule has 0 unspecified atom stereocenters.